The third kappa shape index (κ3) is 9.48. The van der Waals surface area contributed by atoms with Crippen molar-refractivity contribution in [3.05, 3.63) is 0 Å². The lowest BCUT2D eigenvalue weighted by Crippen LogP contribution is -2.45. The zero-order valence-corrected chi connectivity index (χ0v) is 16.3. The van der Waals surface area contributed by atoms with E-state index < -0.39 is 49.2 Å². The fraction of sp³-hybridized carbons (Fsp3) is 0.889. The van der Waals surface area contributed by atoms with E-state index in [0.717, 1.165) is 0 Å². The van der Waals surface area contributed by atoms with Crippen LogP contribution in [0.4, 0.5) is 0 Å². The summed E-state index contributed by atoms with van der Waals surface area (Å²) in [6.07, 6.45) is 1.67. The van der Waals surface area contributed by atoms with Crippen LogP contribution in [0.25, 0.3) is 0 Å². The van der Waals surface area contributed by atoms with Gasteiger partial charge in [-0.2, -0.15) is 0 Å². The smallest absolute Gasteiger partial charge is 0.305 e. The fourth-order valence-electron chi connectivity index (χ4n) is 2.05. The van der Waals surface area contributed by atoms with Crippen LogP contribution in [0.1, 0.15) is 39.5 Å². The van der Waals surface area contributed by atoms with Gasteiger partial charge in [0.05, 0.1) is 50.5 Å². The topological polar surface area (TPSA) is 143 Å². The van der Waals surface area contributed by atoms with Crippen LogP contribution in [0, 0.1) is 10.8 Å². The van der Waals surface area contributed by atoms with E-state index in [1.54, 1.807) is 0 Å². The molecule has 0 fully saturated rings. The molecule has 0 aliphatic carbocycles. The van der Waals surface area contributed by atoms with Crippen molar-refractivity contribution in [3.63, 3.8) is 0 Å². The van der Waals surface area contributed by atoms with Crippen molar-refractivity contribution < 1.29 is 44.2 Å². The van der Waals surface area contributed by atoms with Crippen LogP contribution in [-0.4, -0.2) is 85.2 Å². The third-order valence-electron chi connectivity index (χ3n) is 4.15. The number of esters is 2. The second-order valence-corrected chi connectivity index (χ2v) is 6.95. The van der Waals surface area contributed by atoms with Gasteiger partial charge >= 0.3 is 11.9 Å². The van der Waals surface area contributed by atoms with E-state index in [4.69, 9.17) is 14.2 Å². The minimum absolute atomic E-state index is 0.163. The van der Waals surface area contributed by atoms with Crippen LogP contribution in [0.2, 0.25) is 0 Å². The van der Waals surface area contributed by atoms with Crippen molar-refractivity contribution in [2.45, 2.75) is 39.5 Å². The first-order chi connectivity index (χ1) is 12.9. The molecule has 160 valence electrons. The molecule has 9 nitrogen and oxygen atoms in total. The van der Waals surface area contributed by atoms with E-state index in [1.807, 2.05) is 13.8 Å². The zero-order valence-electron chi connectivity index (χ0n) is 16.3. The molecule has 0 aliphatic heterocycles. The summed E-state index contributed by atoms with van der Waals surface area (Å²) < 4.78 is 15.8. The maximum Gasteiger partial charge on any atom is 0.305 e. The Bertz CT molecular complexity index is 391. The van der Waals surface area contributed by atoms with Gasteiger partial charge in [0.15, 0.2) is 0 Å². The van der Waals surface area contributed by atoms with E-state index in [0.29, 0.717) is 12.8 Å². The molecular weight excluding hydrogens is 360 g/mol. The highest BCUT2D eigenvalue weighted by Gasteiger charge is 2.36. The highest BCUT2D eigenvalue weighted by molar-refractivity contribution is 5.69. The van der Waals surface area contributed by atoms with E-state index in [-0.39, 0.29) is 39.3 Å². The zero-order chi connectivity index (χ0) is 20.8. The molecule has 0 radical (unpaired) electrons. The second-order valence-electron chi connectivity index (χ2n) is 6.95. The Hall–Kier alpha value is -1.26. The first-order valence-corrected chi connectivity index (χ1v) is 9.19. The van der Waals surface area contributed by atoms with Crippen molar-refractivity contribution in [2.24, 2.45) is 10.8 Å². The van der Waals surface area contributed by atoms with Crippen LogP contribution < -0.4 is 0 Å². The highest BCUT2D eigenvalue weighted by Crippen LogP contribution is 2.22. The van der Waals surface area contributed by atoms with Gasteiger partial charge in [0.1, 0.15) is 13.2 Å². The maximum atomic E-state index is 11.7. The molecule has 0 spiro atoms. The molecule has 0 aromatic heterocycles. The van der Waals surface area contributed by atoms with E-state index in [9.17, 15) is 30.0 Å². The molecule has 0 bridgehead atoms. The summed E-state index contributed by atoms with van der Waals surface area (Å²) in [6, 6.07) is 0. The Morgan fingerprint density at radius 1 is 0.667 bits per heavy atom. The molecule has 0 atom stereocenters. The highest BCUT2D eigenvalue weighted by atomic mass is 16.6. The van der Waals surface area contributed by atoms with Crippen LogP contribution in [0.5, 0.6) is 0 Å². The van der Waals surface area contributed by atoms with Gasteiger partial charge < -0.3 is 34.6 Å². The summed E-state index contributed by atoms with van der Waals surface area (Å²) in [6.45, 7) is 0.903. The van der Waals surface area contributed by atoms with Crippen LogP contribution in [-0.2, 0) is 23.8 Å². The number of aliphatic hydroxyl groups excluding tert-OH is 4. The van der Waals surface area contributed by atoms with Crippen LogP contribution in [0.15, 0.2) is 0 Å². The largest absolute Gasteiger partial charge is 0.465 e. The SMILES string of the molecule is CCCC(=O)OCC(CO)(COCC(CO)(CO)CO)COC(=O)CCC. The van der Waals surface area contributed by atoms with Gasteiger partial charge in [-0.05, 0) is 12.8 Å². The van der Waals surface area contributed by atoms with Gasteiger partial charge in [0.25, 0.3) is 0 Å². The van der Waals surface area contributed by atoms with Crippen LogP contribution >= 0.6 is 0 Å². The number of aliphatic hydroxyl groups is 4. The van der Waals surface area contributed by atoms with E-state index in [1.165, 1.54) is 0 Å². The lowest BCUT2D eigenvalue weighted by atomic mass is 9.90. The number of hydrogen-bond donors (Lipinski definition) is 4. The summed E-state index contributed by atoms with van der Waals surface area (Å²) in [5.41, 5.74) is -2.42. The average molecular weight is 394 g/mol. The van der Waals surface area contributed by atoms with Crippen molar-refractivity contribution >= 4 is 11.9 Å². The molecule has 0 amide bonds. The fourth-order valence-corrected chi connectivity index (χ4v) is 2.05. The molecule has 0 heterocycles. The quantitative estimate of drug-likeness (QED) is 0.258. The predicted octanol–water partition coefficient (Wildman–Crippen LogP) is -0.368. The molecule has 27 heavy (non-hydrogen) atoms. The summed E-state index contributed by atoms with van der Waals surface area (Å²) in [7, 11) is 0. The number of hydrogen-bond acceptors (Lipinski definition) is 9. The van der Waals surface area contributed by atoms with Crippen LogP contribution in [0.3, 0.4) is 0 Å². The Labute approximate surface area is 160 Å². The van der Waals surface area contributed by atoms with Gasteiger partial charge in [0.2, 0.25) is 0 Å². The second kappa shape index (κ2) is 13.8. The first kappa shape index (κ1) is 25.7. The summed E-state index contributed by atoms with van der Waals surface area (Å²) in [5.74, 6) is -0.878. The Balaban J connectivity index is 5.00. The van der Waals surface area contributed by atoms with Crippen molar-refractivity contribution in [1.29, 1.82) is 0 Å². The number of carbonyl (C=O) groups is 2. The summed E-state index contributed by atoms with van der Waals surface area (Å²) in [4.78, 5) is 23.3. The van der Waals surface area contributed by atoms with Gasteiger partial charge in [0, 0.05) is 12.8 Å². The molecule has 4 N–H and O–H groups in total. The molecule has 0 saturated carbocycles. The van der Waals surface area contributed by atoms with Crippen molar-refractivity contribution in [3.8, 4) is 0 Å². The monoisotopic (exact) mass is 394 g/mol. The molecule has 0 aromatic rings. The molecule has 0 rings (SSSR count). The molecular formula is C18H34O9. The van der Waals surface area contributed by atoms with Gasteiger partial charge in [-0.1, -0.05) is 13.8 Å². The molecule has 9 heteroatoms. The Kier molecular flexibility index (Phi) is 13.2. The van der Waals surface area contributed by atoms with Gasteiger partial charge in [-0.3, -0.25) is 9.59 Å². The standard InChI is InChI=1S/C18H34O9/c1-3-5-15(23)26-13-18(10-22,14-27-16(24)6-4-2)12-25-11-17(7-19,8-20)9-21/h19-22H,3-14H2,1-2H3. The number of rotatable bonds is 16. The average Bonchev–Trinajstić information content (AvgIpc) is 2.68. The summed E-state index contributed by atoms with van der Waals surface area (Å²) >= 11 is 0. The van der Waals surface area contributed by atoms with Crippen molar-refractivity contribution in [1.82, 2.24) is 0 Å². The Morgan fingerprint density at radius 3 is 1.37 bits per heavy atom. The normalized spacial score (nSPS) is 12.1. The first-order valence-electron chi connectivity index (χ1n) is 9.19. The van der Waals surface area contributed by atoms with E-state index >= 15 is 0 Å². The van der Waals surface area contributed by atoms with Gasteiger partial charge in [-0.25, -0.2) is 0 Å². The minimum atomic E-state index is -1.24. The van der Waals surface area contributed by atoms with Gasteiger partial charge in [-0.15, -0.1) is 0 Å². The third-order valence-corrected chi connectivity index (χ3v) is 4.15. The lowest BCUT2D eigenvalue weighted by Gasteiger charge is -2.33. The molecule has 0 saturated heterocycles. The van der Waals surface area contributed by atoms with Crippen molar-refractivity contribution in [2.75, 3.05) is 52.9 Å². The minimum Gasteiger partial charge on any atom is -0.465 e. The lowest BCUT2D eigenvalue weighted by molar-refractivity contribution is -0.163. The Morgan fingerprint density at radius 2 is 1.04 bits per heavy atom. The predicted molar refractivity (Wildman–Crippen MR) is 95.8 cm³/mol. The molecule has 0 unspecified atom stereocenters. The maximum absolute atomic E-state index is 11.7. The van der Waals surface area contributed by atoms with E-state index in [2.05, 4.69) is 0 Å². The molecule has 0 aromatic carbocycles. The summed E-state index contributed by atoms with van der Waals surface area (Å²) in [5, 5.41) is 37.9. The molecule has 0 aliphatic rings. The number of ether oxygens (including phenoxy) is 3. The number of carbonyl (C=O) groups excluding carboxylic acids is 2.